The van der Waals surface area contributed by atoms with Gasteiger partial charge in [-0.15, -0.1) is 0 Å². The first-order chi connectivity index (χ1) is 13.2. The summed E-state index contributed by atoms with van der Waals surface area (Å²) in [4.78, 5) is 20.6. The van der Waals surface area contributed by atoms with Crippen LogP contribution in [-0.4, -0.2) is 44.0 Å². The fraction of sp³-hybridized carbons (Fsp3) is 0.235. The Morgan fingerprint density at radius 3 is 2.29 bits per heavy atom. The molecule has 0 atom stereocenters. The number of fused-ring (bicyclic) bond motifs is 1. The average Bonchev–Trinajstić information content (AvgIpc) is 2.65. The fourth-order valence-electron chi connectivity index (χ4n) is 2.52. The van der Waals surface area contributed by atoms with Gasteiger partial charge in [-0.2, -0.15) is 18.2 Å². The molecular weight excluding hydrogens is 401 g/mol. The van der Waals surface area contributed by atoms with Gasteiger partial charge in [0.05, 0.1) is 35.9 Å². The Hall–Kier alpha value is -2.69. The smallest absolute Gasteiger partial charge is 0.394 e. The molecule has 0 amide bonds. The number of aliphatic hydroxyl groups excluding tert-OH is 2. The maximum atomic E-state index is 12.8. The van der Waals surface area contributed by atoms with Crippen LogP contribution >= 0.6 is 11.6 Å². The van der Waals surface area contributed by atoms with E-state index in [9.17, 15) is 28.2 Å². The number of pyridine rings is 1. The number of hydrogen-bond acceptors (Lipinski definition) is 6. The number of rotatable bonds is 5. The lowest BCUT2D eigenvalue weighted by Gasteiger charge is -2.16. The molecule has 0 radical (unpaired) electrons. The molecule has 148 valence electrons. The van der Waals surface area contributed by atoms with Gasteiger partial charge in [-0.1, -0.05) is 11.6 Å². The highest BCUT2D eigenvalue weighted by Gasteiger charge is 2.30. The zero-order valence-electron chi connectivity index (χ0n) is 14.1. The van der Waals surface area contributed by atoms with Gasteiger partial charge in [0, 0.05) is 6.07 Å². The second-order valence-corrected chi connectivity index (χ2v) is 6.19. The van der Waals surface area contributed by atoms with Crippen LogP contribution in [0.5, 0.6) is 0 Å². The van der Waals surface area contributed by atoms with Crippen molar-refractivity contribution in [1.82, 2.24) is 14.5 Å². The molecule has 3 aromatic rings. The van der Waals surface area contributed by atoms with E-state index in [1.54, 1.807) is 0 Å². The summed E-state index contributed by atoms with van der Waals surface area (Å²) in [5, 5.41) is 21.3. The van der Waals surface area contributed by atoms with Crippen LogP contribution < -0.4 is 10.9 Å². The predicted molar refractivity (Wildman–Crippen MR) is 96.7 cm³/mol. The van der Waals surface area contributed by atoms with Crippen molar-refractivity contribution in [3.63, 3.8) is 0 Å². The van der Waals surface area contributed by atoms with Crippen molar-refractivity contribution in [3.8, 4) is 5.69 Å². The normalized spacial score (nSPS) is 12.0. The summed E-state index contributed by atoms with van der Waals surface area (Å²) in [6, 6.07) is 5.86. The number of alkyl halides is 3. The lowest BCUT2D eigenvalue weighted by atomic mass is 10.2. The van der Waals surface area contributed by atoms with Gasteiger partial charge >= 0.3 is 6.18 Å². The molecule has 0 unspecified atom stereocenters. The van der Waals surface area contributed by atoms with Crippen LogP contribution in [0.15, 0.2) is 41.2 Å². The number of nitrogens with one attached hydrogen (secondary N) is 1. The molecule has 0 saturated carbocycles. The summed E-state index contributed by atoms with van der Waals surface area (Å²) in [7, 11) is 0. The van der Waals surface area contributed by atoms with Crippen LogP contribution in [0.4, 0.5) is 19.1 Å². The second-order valence-electron chi connectivity index (χ2n) is 5.83. The number of anilines is 1. The molecule has 0 saturated heterocycles. The number of aromatic nitrogens is 3. The summed E-state index contributed by atoms with van der Waals surface area (Å²) >= 11 is 6.15. The molecule has 0 aliphatic rings. The number of benzene rings is 1. The molecule has 0 bridgehead atoms. The van der Waals surface area contributed by atoms with E-state index in [1.807, 2.05) is 0 Å². The molecule has 3 rings (SSSR count). The molecular formula is C17H14ClF3N4O3. The summed E-state index contributed by atoms with van der Waals surface area (Å²) in [6.45, 7) is -0.813. The van der Waals surface area contributed by atoms with Gasteiger partial charge in [-0.05, 0) is 30.3 Å². The zero-order valence-corrected chi connectivity index (χ0v) is 14.9. The highest BCUT2D eigenvalue weighted by atomic mass is 35.5. The third-order valence-electron chi connectivity index (χ3n) is 3.93. The Bertz CT molecular complexity index is 1050. The van der Waals surface area contributed by atoms with Gasteiger partial charge in [0.2, 0.25) is 5.95 Å². The average molecular weight is 415 g/mol. The van der Waals surface area contributed by atoms with Crippen molar-refractivity contribution >= 4 is 28.6 Å². The van der Waals surface area contributed by atoms with Crippen LogP contribution in [0, 0.1) is 0 Å². The van der Waals surface area contributed by atoms with Crippen molar-refractivity contribution in [1.29, 1.82) is 0 Å². The van der Waals surface area contributed by atoms with Crippen molar-refractivity contribution in [2.45, 2.75) is 12.2 Å². The molecule has 0 aliphatic heterocycles. The van der Waals surface area contributed by atoms with Crippen molar-refractivity contribution in [2.24, 2.45) is 0 Å². The quantitative estimate of drug-likeness (QED) is 0.553. The lowest BCUT2D eigenvalue weighted by Crippen LogP contribution is -2.29. The molecule has 0 fully saturated rings. The SMILES string of the molecule is O=c1ccc2c(Cl)nc(NC(CO)CO)nc2n1-c1ccc(C(F)(F)F)cc1. The highest BCUT2D eigenvalue weighted by Crippen LogP contribution is 2.30. The third kappa shape index (κ3) is 3.93. The van der Waals surface area contributed by atoms with Gasteiger partial charge in [-0.25, -0.2) is 4.98 Å². The Kier molecular flexibility index (Phi) is 5.54. The zero-order chi connectivity index (χ0) is 20.5. The summed E-state index contributed by atoms with van der Waals surface area (Å²) in [5.74, 6) is -0.0585. The third-order valence-corrected chi connectivity index (χ3v) is 4.22. The lowest BCUT2D eigenvalue weighted by molar-refractivity contribution is -0.137. The molecule has 3 N–H and O–H groups in total. The van der Waals surface area contributed by atoms with E-state index in [0.717, 1.165) is 28.8 Å². The van der Waals surface area contributed by atoms with Crippen molar-refractivity contribution in [2.75, 3.05) is 18.5 Å². The van der Waals surface area contributed by atoms with Gasteiger partial charge in [-0.3, -0.25) is 9.36 Å². The Morgan fingerprint density at radius 1 is 1.07 bits per heavy atom. The molecule has 1 aromatic carbocycles. The minimum atomic E-state index is -4.51. The second kappa shape index (κ2) is 7.74. The maximum absolute atomic E-state index is 12.8. The molecule has 7 nitrogen and oxygen atoms in total. The van der Waals surface area contributed by atoms with E-state index in [1.165, 1.54) is 12.1 Å². The van der Waals surface area contributed by atoms with Gasteiger partial charge in [0.25, 0.3) is 5.56 Å². The van der Waals surface area contributed by atoms with E-state index in [-0.39, 0.29) is 22.4 Å². The largest absolute Gasteiger partial charge is 0.416 e. The molecule has 2 aromatic heterocycles. The number of aliphatic hydroxyl groups is 2. The van der Waals surface area contributed by atoms with E-state index in [4.69, 9.17) is 11.6 Å². The minimum absolute atomic E-state index is 0.0113. The Balaban J connectivity index is 2.17. The topological polar surface area (TPSA) is 100 Å². The molecule has 0 spiro atoms. The van der Waals surface area contributed by atoms with Crippen LogP contribution in [-0.2, 0) is 6.18 Å². The molecule has 11 heteroatoms. The summed E-state index contributed by atoms with van der Waals surface area (Å²) in [6.07, 6.45) is -4.51. The van der Waals surface area contributed by atoms with E-state index in [0.29, 0.717) is 5.39 Å². The monoisotopic (exact) mass is 414 g/mol. The maximum Gasteiger partial charge on any atom is 0.416 e. The highest BCUT2D eigenvalue weighted by molar-refractivity contribution is 6.34. The van der Waals surface area contributed by atoms with Crippen LogP contribution in [0.25, 0.3) is 16.7 Å². The van der Waals surface area contributed by atoms with Crippen molar-refractivity contribution < 1.29 is 23.4 Å². The summed E-state index contributed by atoms with van der Waals surface area (Å²) < 4.78 is 39.5. The summed E-state index contributed by atoms with van der Waals surface area (Å²) in [5.41, 5.74) is -1.17. The molecule has 2 heterocycles. The van der Waals surface area contributed by atoms with E-state index >= 15 is 0 Å². The van der Waals surface area contributed by atoms with Gasteiger partial charge < -0.3 is 15.5 Å². The number of hydrogen-bond donors (Lipinski definition) is 3. The number of nitrogens with zero attached hydrogens (tertiary/aromatic N) is 3. The molecule has 0 aliphatic carbocycles. The predicted octanol–water partition coefficient (Wildman–Crippen LogP) is 2.22. The van der Waals surface area contributed by atoms with Gasteiger partial charge in [0.1, 0.15) is 5.15 Å². The van der Waals surface area contributed by atoms with Crippen LogP contribution in [0.1, 0.15) is 5.56 Å². The van der Waals surface area contributed by atoms with Crippen LogP contribution in [0.3, 0.4) is 0 Å². The first-order valence-corrected chi connectivity index (χ1v) is 8.37. The van der Waals surface area contributed by atoms with Crippen molar-refractivity contribution in [3.05, 3.63) is 57.5 Å². The number of halogens is 4. The Morgan fingerprint density at radius 2 is 1.71 bits per heavy atom. The van der Waals surface area contributed by atoms with E-state index < -0.39 is 36.6 Å². The van der Waals surface area contributed by atoms with Gasteiger partial charge in [0.15, 0.2) is 5.65 Å². The fourth-order valence-corrected chi connectivity index (χ4v) is 2.75. The minimum Gasteiger partial charge on any atom is -0.394 e. The molecule has 28 heavy (non-hydrogen) atoms. The van der Waals surface area contributed by atoms with Crippen LogP contribution in [0.2, 0.25) is 5.15 Å². The van der Waals surface area contributed by atoms with E-state index in [2.05, 4.69) is 15.3 Å². The Labute approximate surface area is 161 Å². The standard InChI is InChI=1S/C17H14ClF3N4O3/c18-14-12-5-6-13(28)25(11-3-1-9(2-4-11)17(19,20)21)15(12)24-16(23-14)22-10(7-26)8-27/h1-6,10,26-27H,7-8H2,(H,22,23,24). The first kappa shape index (κ1) is 20.1. The first-order valence-electron chi connectivity index (χ1n) is 7.99.